The monoisotopic (exact) mass is 371 g/mol. The van der Waals surface area contributed by atoms with Crippen LogP contribution in [0.1, 0.15) is 45.9 Å². The van der Waals surface area contributed by atoms with Crippen LogP contribution < -0.4 is 10.1 Å². The van der Waals surface area contributed by atoms with Gasteiger partial charge >= 0.3 is 0 Å². The molecule has 6 rings (SSSR count). The number of amides is 1. The SMILES string of the molecule is COc1ccc(-c2cc3c(cn2)CCc2c-3[nH]c3c2C(=O)NC2CCC32)cc1. The summed E-state index contributed by atoms with van der Waals surface area (Å²) in [5.74, 6) is 1.38. The van der Waals surface area contributed by atoms with Gasteiger partial charge in [0.2, 0.25) is 0 Å². The third kappa shape index (κ3) is 2.13. The first kappa shape index (κ1) is 15.9. The quantitative estimate of drug-likeness (QED) is 0.719. The van der Waals surface area contributed by atoms with Crippen LogP contribution in [0.5, 0.6) is 5.75 Å². The molecule has 5 heteroatoms. The van der Waals surface area contributed by atoms with Crippen molar-refractivity contribution in [3.63, 3.8) is 0 Å². The number of benzene rings is 1. The van der Waals surface area contributed by atoms with Gasteiger partial charge in [0.1, 0.15) is 5.75 Å². The molecule has 5 nitrogen and oxygen atoms in total. The molecule has 1 aromatic carbocycles. The lowest BCUT2D eigenvalue weighted by molar-refractivity contribution is 0.0875. The second-order valence-corrected chi connectivity index (χ2v) is 7.99. The summed E-state index contributed by atoms with van der Waals surface area (Å²) in [6.45, 7) is 0. The fraction of sp³-hybridized carbons (Fsp3) is 0.304. The highest BCUT2D eigenvalue weighted by molar-refractivity contribution is 6.01. The highest BCUT2D eigenvalue weighted by atomic mass is 16.5. The van der Waals surface area contributed by atoms with Crippen molar-refractivity contribution in [1.29, 1.82) is 0 Å². The van der Waals surface area contributed by atoms with E-state index in [0.717, 1.165) is 59.6 Å². The van der Waals surface area contributed by atoms with Crippen LogP contribution in [0.25, 0.3) is 22.5 Å². The minimum atomic E-state index is 0.0985. The Hall–Kier alpha value is -3.08. The number of aryl methyl sites for hydroxylation is 1. The normalized spacial score (nSPS) is 21.5. The number of hydrogen-bond donors (Lipinski definition) is 2. The Bertz CT molecular complexity index is 1110. The van der Waals surface area contributed by atoms with Gasteiger partial charge in [-0.3, -0.25) is 9.78 Å². The first-order valence-electron chi connectivity index (χ1n) is 9.92. The number of carbonyl (C=O) groups excluding carboxylic acids is 1. The molecule has 1 fully saturated rings. The zero-order chi connectivity index (χ0) is 18.8. The lowest BCUT2D eigenvalue weighted by Gasteiger charge is -2.40. The van der Waals surface area contributed by atoms with Gasteiger partial charge in [-0.05, 0) is 67.1 Å². The second-order valence-electron chi connectivity index (χ2n) is 7.99. The number of aromatic amines is 1. The van der Waals surface area contributed by atoms with Crippen LogP contribution in [-0.4, -0.2) is 29.0 Å². The summed E-state index contributed by atoms with van der Waals surface area (Å²) >= 11 is 0. The summed E-state index contributed by atoms with van der Waals surface area (Å²) < 4.78 is 5.26. The van der Waals surface area contributed by atoms with E-state index in [-0.39, 0.29) is 5.91 Å². The number of methoxy groups -OCH3 is 1. The van der Waals surface area contributed by atoms with Crippen LogP contribution in [0.4, 0.5) is 0 Å². The lowest BCUT2D eigenvalue weighted by Crippen LogP contribution is -2.50. The maximum absolute atomic E-state index is 12.7. The second kappa shape index (κ2) is 5.71. The van der Waals surface area contributed by atoms with Gasteiger partial charge in [-0.1, -0.05) is 0 Å². The molecule has 2 aromatic heterocycles. The third-order valence-electron chi connectivity index (χ3n) is 6.61. The Labute approximate surface area is 163 Å². The molecule has 3 aromatic rings. The van der Waals surface area contributed by atoms with E-state index in [9.17, 15) is 4.79 Å². The largest absolute Gasteiger partial charge is 0.497 e. The Morgan fingerprint density at radius 2 is 2.00 bits per heavy atom. The summed E-state index contributed by atoms with van der Waals surface area (Å²) in [5.41, 5.74) is 8.78. The van der Waals surface area contributed by atoms with Gasteiger partial charge in [0.15, 0.2) is 0 Å². The molecular weight excluding hydrogens is 350 g/mol. The van der Waals surface area contributed by atoms with Crippen LogP contribution in [0, 0.1) is 0 Å². The predicted molar refractivity (Wildman–Crippen MR) is 107 cm³/mol. The highest BCUT2D eigenvalue weighted by Gasteiger charge is 2.43. The number of fused-ring (bicyclic) bond motifs is 7. The van der Waals surface area contributed by atoms with Crippen LogP contribution in [0.3, 0.4) is 0 Å². The van der Waals surface area contributed by atoms with Gasteiger partial charge in [-0.25, -0.2) is 0 Å². The van der Waals surface area contributed by atoms with E-state index in [1.54, 1.807) is 7.11 Å². The fourth-order valence-corrected chi connectivity index (χ4v) is 4.93. The Balaban J connectivity index is 1.48. The summed E-state index contributed by atoms with van der Waals surface area (Å²) in [7, 11) is 1.67. The van der Waals surface area contributed by atoms with Gasteiger partial charge in [-0.15, -0.1) is 0 Å². The van der Waals surface area contributed by atoms with Gasteiger partial charge in [0, 0.05) is 35.0 Å². The van der Waals surface area contributed by atoms with Crippen molar-refractivity contribution < 1.29 is 9.53 Å². The molecule has 0 spiro atoms. The van der Waals surface area contributed by atoms with Crippen LogP contribution >= 0.6 is 0 Å². The van der Waals surface area contributed by atoms with E-state index in [1.807, 2.05) is 30.5 Å². The third-order valence-corrected chi connectivity index (χ3v) is 6.61. The molecule has 1 aliphatic heterocycles. The van der Waals surface area contributed by atoms with Gasteiger partial charge in [0.25, 0.3) is 5.91 Å². The molecule has 2 atom stereocenters. The minimum Gasteiger partial charge on any atom is -0.497 e. The summed E-state index contributed by atoms with van der Waals surface area (Å²) in [6, 6.07) is 10.4. The smallest absolute Gasteiger partial charge is 0.253 e. The first-order chi connectivity index (χ1) is 13.7. The van der Waals surface area contributed by atoms with Crippen molar-refractivity contribution in [3.8, 4) is 28.3 Å². The van der Waals surface area contributed by atoms with E-state index >= 15 is 0 Å². The molecule has 140 valence electrons. The standard InChI is InChI=1S/C23H21N3O2/c1-28-14-5-2-12(3-6-14)19-10-17-13(11-24-19)4-7-16-20-22(26-21(16)17)15-8-9-18(15)25-23(20)27/h2-3,5-6,10-11,15,18,26H,4,7-9H2,1H3,(H,25,27). The van der Waals surface area contributed by atoms with Crippen molar-refractivity contribution in [2.24, 2.45) is 0 Å². The fourth-order valence-electron chi connectivity index (χ4n) is 4.93. The molecule has 28 heavy (non-hydrogen) atoms. The molecule has 0 saturated heterocycles. The molecule has 1 amide bonds. The number of aromatic nitrogens is 2. The van der Waals surface area contributed by atoms with E-state index < -0.39 is 0 Å². The van der Waals surface area contributed by atoms with Gasteiger partial charge < -0.3 is 15.0 Å². The molecule has 2 N–H and O–H groups in total. The number of carbonyl (C=O) groups is 1. The van der Waals surface area contributed by atoms with Crippen molar-refractivity contribution in [3.05, 3.63) is 58.9 Å². The van der Waals surface area contributed by atoms with E-state index in [4.69, 9.17) is 9.72 Å². The van der Waals surface area contributed by atoms with Gasteiger partial charge in [0.05, 0.1) is 24.1 Å². The first-order valence-corrected chi connectivity index (χ1v) is 9.92. The summed E-state index contributed by atoms with van der Waals surface area (Å²) in [4.78, 5) is 21.1. The summed E-state index contributed by atoms with van der Waals surface area (Å²) in [6.07, 6.45) is 6.04. The number of nitrogens with zero attached hydrogens (tertiary/aromatic N) is 1. The summed E-state index contributed by atoms with van der Waals surface area (Å²) in [5, 5.41) is 3.20. The maximum Gasteiger partial charge on any atom is 0.253 e. The zero-order valence-corrected chi connectivity index (χ0v) is 15.7. The molecule has 2 unspecified atom stereocenters. The van der Waals surface area contributed by atoms with Crippen LogP contribution in [-0.2, 0) is 12.8 Å². The van der Waals surface area contributed by atoms with Crippen LogP contribution in [0.15, 0.2) is 36.5 Å². The number of H-pyrrole nitrogens is 1. The Morgan fingerprint density at radius 3 is 2.75 bits per heavy atom. The number of nitrogens with one attached hydrogen (secondary N) is 2. The molecule has 1 saturated carbocycles. The Kier molecular flexibility index (Phi) is 3.25. The molecule has 3 heterocycles. The van der Waals surface area contributed by atoms with Crippen LogP contribution in [0.2, 0.25) is 0 Å². The number of rotatable bonds is 2. The lowest BCUT2D eigenvalue weighted by atomic mass is 9.73. The van der Waals surface area contributed by atoms with E-state index in [0.29, 0.717) is 12.0 Å². The van der Waals surface area contributed by atoms with Crippen molar-refractivity contribution in [1.82, 2.24) is 15.3 Å². The topological polar surface area (TPSA) is 67.0 Å². The molecular formula is C23H21N3O2. The molecule has 3 aliphatic rings. The van der Waals surface area contributed by atoms with E-state index in [2.05, 4.69) is 16.4 Å². The minimum absolute atomic E-state index is 0.0985. The molecule has 0 radical (unpaired) electrons. The van der Waals surface area contributed by atoms with E-state index in [1.165, 1.54) is 16.7 Å². The maximum atomic E-state index is 12.7. The molecule has 0 bridgehead atoms. The van der Waals surface area contributed by atoms with Crippen molar-refractivity contribution >= 4 is 5.91 Å². The number of ether oxygens (including phenoxy) is 1. The Morgan fingerprint density at radius 1 is 1.14 bits per heavy atom. The van der Waals surface area contributed by atoms with Crippen molar-refractivity contribution in [2.45, 2.75) is 37.6 Å². The highest BCUT2D eigenvalue weighted by Crippen LogP contribution is 2.46. The molecule has 2 aliphatic carbocycles. The van der Waals surface area contributed by atoms with Crippen molar-refractivity contribution in [2.75, 3.05) is 7.11 Å². The average Bonchev–Trinajstić information content (AvgIpc) is 3.09. The zero-order valence-electron chi connectivity index (χ0n) is 15.7. The average molecular weight is 371 g/mol. The number of pyridine rings is 1. The van der Waals surface area contributed by atoms with Gasteiger partial charge in [-0.2, -0.15) is 0 Å². The number of hydrogen-bond acceptors (Lipinski definition) is 3. The predicted octanol–water partition coefficient (Wildman–Crippen LogP) is 3.84.